The molecule has 94 valence electrons. The number of allylic oxidation sites excluding steroid dienone is 3. The van der Waals surface area contributed by atoms with Crippen molar-refractivity contribution < 1.29 is 0 Å². The van der Waals surface area contributed by atoms with Gasteiger partial charge in [-0.25, -0.2) is 4.98 Å². The molecule has 2 heteroatoms. The van der Waals surface area contributed by atoms with Crippen LogP contribution in [0.4, 0.5) is 0 Å². The van der Waals surface area contributed by atoms with E-state index in [2.05, 4.69) is 23.2 Å². The Morgan fingerprint density at radius 1 is 1.06 bits per heavy atom. The van der Waals surface area contributed by atoms with Gasteiger partial charge in [-0.1, -0.05) is 63.8 Å². The summed E-state index contributed by atoms with van der Waals surface area (Å²) in [7, 11) is 0. The summed E-state index contributed by atoms with van der Waals surface area (Å²) >= 11 is 1.73. The Morgan fingerprint density at radius 3 is 2.35 bits per heavy atom. The van der Waals surface area contributed by atoms with Gasteiger partial charge in [0, 0.05) is 11.1 Å². The molecule has 0 aliphatic heterocycles. The zero-order chi connectivity index (χ0) is 12.9. The smallest absolute Gasteiger partial charge is 0.101 e. The van der Waals surface area contributed by atoms with Gasteiger partial charge in [0.1, 0.15) is 5.03 Å². The second-order valence-electron chi connectivity index (χ2n) is 2.86. The fourth-order valence-electron chi connectivity index (χ4n) is 1.19. The van der Waals surface area contributed by atoms with E-state index in [0.29, 0.717) is 0 Å². The third kappa shape index (κ3) is 7.01. The maximum Gasteiger partial charge on any atom is 0.101 e. The van der Waals surface area contributed by atoms with Crippen LogP contribution in [0, 0.1) is 0 Å². The number of hydrogen-bond acceptors (Lipinski definition) is 2. The average molecular weight is 249 g/mol. The van der Waals surface area contributed by atoms with Crippen LogP contribution < -0.4 is 0 Å². The second-order valence-corrected chi connectivity index (χ2v) is 3.95. The Labute approximate surface area is 110 Å². The van der Waals surface area contributed by atoms with Gasteiger partial charge in [-0.2, -0.15) is 0 Å². The first kappa shape index (κ1) is 16.0. The molecular formula is C15H23NS. The lowest BCUT2D eigenvalue weighted by atomic mass is 10.2. The van der Waals surface area contributed by atoms with Gasteiger partial charge in [0.25, 0.3) is 0 Å². The van der Waals surface area contributed by atoms with Crippen molar-refractivity contribution in [2.75, 3.05) is 0 Å². The molecule has 0 fully saturated rings. The maximum absolute atomic E-state index is 4.26. The third-order valence-corrected chi connectivity index (χ3v) is 2.81. The number of nitrogens with zero attached hydrogens (tertiary/aromatic N) is 1. The number of rotatable bonds is 2. The van der Waals surface area contributed by atoms with Crippen LogP contribution in [0.5, 0.6) is 0 Å². The van der Waals surface area contributed by atoms with Crippen LogP contribution in [-0.2, 0) is 0 Å². The SMILES string of the molecule is C1=CC(Sc2ccccn2)=CCC1.CC.CC. The van der Waals surface area contributed by atoms with E-state index in [0.717, 1.165) is 11.4 Å². The topological polar surface area (TPSA) is 12.9 Å². The zero-order valence-electron chi connectivity index (χ0n) is 11.3. The van der Waals surface area contributed by atoms with Gasteiger partial charge in [-0.05, 0) is 25.0 Å². The minimum absolute atomic E-state index is 1.07. The highest BCUT2D eigenvalue weighted by molar-refractivity contribution is 8.03. The molecule has 0 aromatic carbocycles. The molecule has 1 heterocycles. The Balaban J connectivity index is 0.000000581. The molecule has 17 heavy (non-hydrogen) atoms. The first-order valence-corrected chi connectivity index (χ1v) is 7.22. The van der Waals surface area contributed by atoms with Gasteiger partial charge in [0.15, 0.2) is 0 Å². The van der Waals surface area contributed by atoms with E-state index in [1.807, 2.05) is 52.1 Å². The summed E-state index contributed by atoms with van der Waals surface area (Å²) in [6.07, 6.45) is 10.8. The quantitative estimate of drug-likeness (QED) is 0.690. The molecule has 2 rings (SSSR count). The van der Waals surface area contributed by atoms with Crippen LogP contribution >= 0.6 is 11.8 Å². The summed E-state index contributed by atoms with van der Waals surface area (Å²) in [5.74, 6) is 0. The maximum atomic E-state index is 4.26. The lowest BCUT2D eigenvalue weighted by Gasteiger charge is -2.04. The van der Waals surface area contributed by atoms with Crippen molar-refractivity contribution in [1.29, 1.82) is 0 Å². The molecule has 0 saturated carbocycles. The van der Waals surface area contributed by atoms with E-state index < -0.39 is 0 Å². The lowest BCUT2D eigenvalue weighted by molar-refractivity contribution is 1.03. The molecular weight excluding hydrogens is 226 g/mol. The molecule has 1 aliphatic rings. The first-order valence-electron chi connectivity index (χ1n) is 6.41. The second kappa shape index (κ2) is 11.5. The Kier molecular flexibility index (Phi) is 10.8. The highest BCUT2D eigenvalue weighted by Gasteiger charge is 2.00. The molecule has 0 atom stereocenters. The van der Waals surface area contributed by atoms with Gasteiger partial charge in [-0.15, -0.1) is 0 Å². The normalized spacial score (nSPS) is 12.6. The predicted molar refractivity (Wildman–Crippen MR) is 79.2 cm³/mol. The average Bonchev–Trinajstić information content (AvgIpc) is 2.45. The monoisotopic (exact) mass is 249 g/mol. The van der Waals surface area contributed by atoms with Crippen molar-refractivity contribution in [2.45, 2.75) is 45.6 Å². The van der Waals surface area contributed by atoms with E-state index in [1.165, 1.54) is 11.3 Å². The molecule has 0 amide bonds. The first-order chi connectivity index (χ1) is 8.45. The van der Waals surface area contributed by atoms with E-state index in [-0.39, 0.29) is 0 Å². The van der Waals surface area contributed by atoms with Crippen LogP contribution in [-0.4, -0.2) is 4.98 Å². The minimum Gasteiger partial charge on any atom is -0.250 e. The highest BCUT2D eigenvalue weighted by atomic mass is 32.2. The summed E-state index contributed by atoms with van der Waals surface area (Å²) in [5.41, 5.74) is 0. The van der Waals surface area contributed by atoms with E-state index in [4.69, 9.17) is 0 Å². The third-order valence-electron chi connectivity index (χ3n) is 1.82. The summed E-state index contributed by atoms with van der Waals surface area (Å²) in [6.45, 7) is 8.00. The van der Waals surface area contributed by atoms with Crippen LogP contribution in [0.3, 0.4) is 0 Å². The minimum atomic E-state index is 1.07. The summed E-state index contributed by atoms with van der Waals surface area (Å²) in [5, 5.41) is 1.07. The van der Waals surface area contributed by atoms with Crippen molar-refractivity contribution in [3.8, 4) is 0 Å². The molecule has 0 unspecified atom stereocenters. The fraction of sp³-hybridized carbons (Fsp3) is 0.400. The molecule has 1 aromatic heterocycles. The van der Waals surface area contributed by atoms with Crippen LogP contribution in [0.2, 0.25) is 0 Å². The van der Waals surface area contributed by atoms with E-state index in [9.17, 15) is 0 Å². The van der Waals surface area contributed by atoms with Gasteiger partial charge in [0.2, 0.25) is 0 Å². The summed E-state index contributed by atoms with van der Waals surface area (Å²) in [6, 6.07) is 5.99. The van der Waals surface area contributed by atoms with Crippen LogP contribution in [0.1, 0.15) is 40.5 Å². The molecule has 0 spiro atoms. The van der Waals surface area contributed by atoms with Gasteiger partial charge < -0.3 is 0 Å². The molecule has 0 N–H and O–H groups in total. The highest BCUT2D eigenvalue weighted by Crippen LogP contribution is 2.27. The molecule has 0 radical (unpaired) electrons. The lowest BCUT2D eigenvalue weighted by Crippen LogP contribution is -1.82. The van der Waals surface area contributed by atoms with E-state index >= 15 is 0 Å². The number of thioether (sulfide) groups is 1. The Hall–Kier alpha value is -1.02. The van der Waals surface area contributed by atoms with Crippen molar-refractivity contribution in [3.63, 3.8) is 0 Å². The molecule has 1 aliphatic carbocycles. The van der Waals surface area contributed by atoms with Gasteiger partial charge in [-0.3, -0.25) is 0 Å². The largest absolute Gasteiger partial charge is 0.250 e. The standard InChI is InChI=1S/C11H11NS.2C2H6/c1-2-6-10(7-3-1)13-11-8-4-5-9-12-11;2*1-2/h2,4-9H,1,3H2;2*1-2H3. The van der Waals surface area contributed by atoms with Crippen molar-refractivity contribution in [1.82, 2.24) is 4.98 Å². The van der Waals surface area contributed by atoms with Crippen LogP contribution in [0.25, 0.3) is 0 Å². The molecule has 1 aromatic rings. The van der Waals surface area contributed by atoms with Crippen molar-refractivity contribution in [3.05, 3.63) is 47.5 Å². The Bertz CT molecular complexity index is 328. The van der Waals surface area contributed by atoms with Gasteiger partial charge >= 0.3 is 0 Å². The number of hydrogen-bond donors (Lipinski definition) is 0. The van der Waals surface area contributed by atoms with Crippen molar-refractivity contribution in [2.24, 2.45) is 0 Å². The fourth-order valence-corrected chi connectivity index (χ4v) is 2.06. The van der Waals surface area contributed by atoms with Gasteiger partial charge in [0.05, 0.1) is 0 Å². The zero-order valence-corrected chi connectivity index (χ0v) is 12.1. The van der Waals surface area contributed by atoms with E-state index in [1.54, 1.807) is 11.8 Å². The molecule has 0 bridgehead atoms. The Morgan fingerprint density at radius 2 is 1.82 bits per heavy atom. The summed E-state index contributed by atoms with van der Waals surface area (Å²) < 4.78 is 0. The van der Waals surface area contributed by atoms with Crippen molar-refractivity contribution >= 4 is 11.8 Å². The predicted octanol–water partition coefficient (Wildman–Crippen LogP) is 5.46. The van der Waals surface area contributed by atoms with Crippen LogP contribution in [0.15, 0.2) is 52.6 Å². The number of aromatic nitrogens is 1. The molecule has 1 nitrogen and oxygen atoms in total. The molecule has 0 saturated heterocycles. The summed E-state index contributed by atoms with van der Waals surface area (Å²) in [4.78, 5) is 5.57. The number of pyridine rings is 1.